The number of hydrogen-bond acceptors (Lipinski definition) is 7. The number of benzene rings is 1. The number of amides is 2. The van der Waals surface area contributed by atoms with Crippen LogP contribution in [0.15, 0.2) is 29.0 Å². The summed E-state index contributed by atoms with van der Waals surface area (Å²) in [6.07, 6.45) is 1.23. The predicted molar refractivity (Wildman–Crippen MR) is 92.6 cm³/mol. The number of nitrogen functional groups attached to an aromatic ring is 1. The van der Waals surface area contributed by atoms with Gasteiger partial charge in [0.15, 0.2) is 0 Å². The molecule has 0 saturated carbocycles. The Balaban J connectivity index is 2.29. The summed E-state index contributed by atoms with van der Waals surface area (Å²) in [7, 11) is 2.86. The zero-order valence-electron chi connectivity index (χ0n) is 12.9. The maximum atomic E-state index is 11.4. The molecule has 0 aliphatic carbocycles. The lowest BCUT2D eigenvalue weighted by molar-refractivity contribution is 0.254. The van der Waals surface area contributed by atoms with Gasteiger partial charge in [-0.1, -0.05) is 0 Å². The van der Waals surface area contributed by atoms with Gasteiger partial charge >= 0.3 is 6.03 Å². The Kier molecular flexibility index (Phi) is 5.53. The van der Waals surface area contributed by atoms with Crippen LogP contribution in [-0.2, 0) is 4.74 Å². The van der Waals surface area contributed by atoms with Crippen LogP contribution in [0.1, 0.15) is 5.56 Å². The van der Waals surface area contributed by atoms with E-state index < -0.39 is 0 Å². The maximum Gasteiger partial charge on any atom is 0.319 e. The topological polar surface area (TPSA) is 135 Å². The number of carbonyl (C=O) groups excluding carboxylic acids is 1. The molecule has 2 aromatic rings. The molecule has 0 unspecified atom stereocenters. The molecule has 1 heterocycles. The van der Waals surface area contributed by atoms with E-state index in [-0.39, 0.29) is 29.2 Å². The molecule has 10 heteroatoms. The van der Waals surface area contributed by atoms with Gasteiger partial charge in [-0.2, -0.15) is 0 Å². The van der Waals surface area contributed by atoms with Crippen LogP contribution in [0.5, 0.6) is 11.6 Å². The Hall–Kier alpha value is -2.88. The average Bonchev–Trinajstić information content (AvgIpc) is 2.56. The Labute approximate surface area is 146 Å². The molecule has 0 atom stereocenters. The first kappa shape index (κ1) is 17.5. The van der Waals surface area contributed by atoms with Crippen LogP contribution in [0.3, 0.4) is 0 Å². The summed E-state index contributed by atoms with van der Waals surface area (Å²) in [6.45, 7) is 0. The highest BCUT2D eigenvalue weighted by atomic mass is 79.9. The highest BCUT2D eigenvalue weighted by Gasteiger charge is 2.17. The second-order valence-corrected chi connectivity index (χ2v) is 5.27. The molecule has 9 nitrogen and oxygen atoms in total. The van der Waals surface area contributed by atoms with Gasteiger partial charge in [-0.3, -0.25) is 5.41 Å². The lowest BCUT2D eigenvalue weighted by Crippen LogP contribution is -2.24. The third kappa shape index (κ3) is 3.90. The van der Waals surface area contributed by atoms with E-state index >= 15 is 0 Å². The number of aromatic nitrogens is 2. The van der Waals surface area contributed by atoms with Gasteiger partial charge in [-0.05, 0) is 34.1 Å². The third-order valence-corrected chi connectivity index (χ3v) is 3.56. The number of halogens is 1. The third-order valence-electron chi connectivity index (χ3n) is 2.90. The van der Waals surface area contributed by atoms with E-state index in [0.717, 1.165) is 0 Å². The standard InChI is InChI=1S/C14H15BrN6O3/c1-18-14(22)21-9-4-3-7(5-8(9)15)24-13-10(12(17)23-2)11(16)19-6-20-13/h3-6,17H,1-2H3,(H2,16,19,20)(H2,18,21,22). The fraction of sp³-hybridized carbons (Fsp3) is 0.143. The highest BCUT2D eigenvalue weighted by molar-refractivity contribution is 9.10. The van der Waals surface area contributed by atoms with Gasteiger partial charge in [0.2, 0.25) is 11.8 Å². The van der Waals surface area contributed by atoms with Crippen molar-refractivity contribution in [1.82, 2.24) is 15.3 Å². The summed E-state index contributed by atoms with van der Waals surface area (Å²) < 4.78 is 11.1. The van der Waals surface area contributed by atoms with Gasteiger partial charge in [-0.25, -0.2) is 14.8 Å². The van der Waals surface area contributed by atoms with Gasteiger partial charge in [0.05, 0.1) is 12.8 Å². The number of ether oxygens (including phenoxy) is 2. The van der Waals surface area contributed by atoms with Crippen molar-refractivity contribution < 1.29 is 14.3 Å². The number of rotatable bonds is 4. The number of nitrogens with two attached hydrogens (primary N) is 1. The molecule has 0 aliphatic rings. The first-order chi connectivity index (χ1) is 11.5. The molecule has 0 spiro atoms. The number of hydrogen-bond donors (Lipinski definition) is 4. The Morgan fingerprint density at radius 2 is 2.12 bits per heavy atom. The van der Waals surface area contributed by atoms with E-state index in [9.17, 15) is 4.79 Å². The van der Waals surface area contributed by atoms with Crippen LogP contribution < -0.4 is 21.1 Å². The Bertz CT molecular complexity index is 783. The molecule has 2 rings (SSSR count). The summed E-state index contributed by atoms with van der Waals surface area (Å²) >= 11 is 3.35. The molecule has 1 aromatic heterocycles. The summed E-state index contributed by atoms with van der Waals surface area (Å²) in [4.78, 5) is 19.2. The van der Waals surface area contributed by atoms with Crippen molar-refractivity contribution in [2.45, 2.75) is 0 Å². The molecule has 2 amide bonds. The minimum absolute atomic E-state index is 0.0730. The molecular formula is C14H15BrN6O3. The van der Waals surface area contributed by atoms with Crippen LogP contribution in [0.25, 0.3) is 0 Å². The van der Waals surface area contributed by atoms with E-state index in [1.165, 1.54) is 20.5 Å². The van der Waals surface area contributed by atoms with E-state index in [1.54, 1.807) is 18.2 Å². The molecule has 5 N–H and O–H groups in total. The second-order valence-electron chi connectivity index (χ2n) is 4.42. The molecule has 24 heavy (non-hydrogen) atoms. The first-order valence-electron chi connectivity index (χ1n) is 6.65. The number of nitrogens with one attached hydrogen (secondary N) is 3. The van der Waals surface area contributed by atoms with Crippen LogP contribution in [0.2, 0.25) is 0 Å². The molecule has 0 fully saturated rings. The summed E-state index contributed by atoms with van der Waals surface area (Å²) in [5.41, 5.74) is 6.48. The minimum atomic E-state index is -0.344. The molecule has 126 valence electrons. The predicted octanol–water partition coefficient (Wildman–Crippen LogP) is 2.34. The zero-order valence-corrected chi connectivity index (χ0v) is 14.5. The zero-order chi connectivity index (χ0) is 17.7. The lowest BCUT2D eigenvalue weighted by Gasteiger charge is -2.13. The van der Waals surface area contributed by atoms with Gasteiger partial charge in [0, 0.05) is 11.5 Å². The van der Waals surface area contributed by atoms with Crippen LogP contribution in [0.4, 0.5) is 16.3 Å². The smallest absolute Gasteiger partial charge is 0.319 e. The van der Waals surface area contributed by atoms with E-state index in [1.807, 2.05) is 0 Å². The fourth-order valence-corrected chi connectivity index (χ4v) is 2.19. The quantitative estimate of drug-likeness (QED) is 0.464. The van der Waals surface area contributed by atoms with Gasteiger partial charge in [0.1, 0.15) is 23.5 Å². The van der Waals surface area contributed by atoms with Gasteiger partial charge in [-0.15, -0.1) is 0 Å². The molecule has 0 aliphatic heterocycles. The van der Waals surface area contributed by atoms with Crippen molar-refractivity contribution in [3.8, 4) is 11.6 Å². The highest BCUT2D eigenvalue weighted by Crippen LogP contribution is 2.31. The van der Waals surface area contributed by atoms with Crippen molar-refractivity contribution in [3.05, 3.63) is 34.6 Å². The van der Waals surface area contributed by atoms with E-state index in [4.69, 9.17) is 20.6 Å². The van der Waals surface area contributed by atoms with Crippen LogP contribution in [-0.4, -0.2) is 36.1 Å². The first-order valence-corrected chi connectivity index (χ1v) is 7.45. The Morgan fingerprint density at radius 3 is 2.75 bits per heavy atom. The SMILES string of the molecule is CNC(=O)Nc1ccc(Oc2ncnc(N)c2C(=N)OC)cc1Br. The minimum Gasteiger partial charge on any atom is -0.481 e. The van der Waals surface area contributed by atoms with Crippen molar-refractivity contribution in [2.24, 2.45) is 0 Å². The number of urea groups is 1. The fourth-order valence-electron chi connectivity index (χ4n) is 1.73. The monoisotopic (exact) mass is 394 g/mol. The van der Waals surface area contributed by atoms with Crippen molar-refractivity contribution >= 4 is 39.4 Å². The van der Waals surface area contributed by atoms with Crippen LogP contribution >= 0.6 is 15.9 Å². The van der Waals surface area contributed by atoms with Crippen molar-refractivity contribution in [2.75, 3.05) is 25.2 Å². The van der Waals surface area contributed by atoms with Gasteiger partial charge in [0.25, 0.3) is 0 Å². The van der Waals surface area contributed by atoms with Crippen LogP contribution in [0, 0.1) is 5.41 Å². The molecule has 0 saturated heterocycles. The molecule has 0 radical (unpaired) electrons. The number of carbonyl (C=O) groups is 1. The summed E-state index contributed by atoms with van der Waals surface area (Å²) in [6, 6.07) is 4.59. The normalized spacial score (nSPS) is 9.96. The Morgan fingerprint density at radius 1 is 1.38 bits per heavy atom. The number of methoxy groups -OCH3 is 1. The largest absolute Gasteiger partial charge is 0.481 e. The van der Waals surface area contributed by atoms with E-state index in [2.05, 4.69) is 36.5 Å². The molecular weight excluding hydrogens is 380 g/mol. The number of nitrogens with zero attached hydrogens (tertiary/aromatic N) is 2. The second kappa shape index (κ2) is 7.59. The van der Waals surface area contributed by atoms with E-state index in [0.29, 0.717) is 15.9 Å². The summed E-state index contributed by atoms with van der Waals surface area (Å²) in [5, 5.41) is 12.9. The molecule has 0 bridgehead atoms. The maximum absolute atomic E-state index is 11.4. The molecule has 1 aromatic carbocycles. The van der Waals surface area contributed by atoms with Gasteiger partial charge < -0.3 is 25.8 Å². The summed E-state index contributed by atoms with van der Waals surface area (Å²) in [5.74, 6) is 0.379. The van der Waals surface area contributed by atoms with Crippen molar-refractivity contribution in [3.63, 3.8) is 0 Å². The van der Waals surface area contributed by atoms with Crippen molar-refractivity contribution in [1.29, 1.82) is 5.41 Å². The average molecular weight is 395 g/mol. The number of anilines is 2. The lowest BCUT2D eigenvalue weighted by atomic mass is 10.2.